The Kier molecular flexibility index (Phi) is 6.30. The number of ether oxygens (including phenoxy) is 1. The van der Waals surface area contributed by atoms with E-state index in [0.717, 1.165) is 43.6 Å². The van der Waals surface area contributed by atoms with Crippen LogP contribution in [0.25, 0.3) is 0 Å². The minimum absolute atomic E-state index is 0.0372. The molecule has 4 unspecified atom stereocenters. The van der Waals surface area contributed by atoms with Crippen molar-refractivity contribution in [3.8, 4) is 0 Å². The van der Waals surface area contributed by atoms with Gasteiger partial charge in [0.2, 0.25) is 0 Å². The third-order valence-corrected chi connectivity index (χ3v) is 7.87. The van der Waals surface area contributed by atoms with Gasteiger partial charge in [0.25, 0.3) is 0 Å². The van der Waals surface area contributed by atoms with Gasteiger partial charge in [-0.05, 0) is 46.0 Å². The summed E-state index contributed by atoms with van der Waals surface area (Å²) in [6.07, 6.45) is 2.55. The Morgan fingerprint density at radius 1 is 1.18 bits per heavy atom. The predicted octanol–water partition coefficient (Wildman–Crippen LogP) is 3.19. The van der Waals surface area contributed by atoms with E-state index in [0.29, 0.717) is 37.7 Å². The third kappa shape index (κ3) is 5.44. The summed E-state index contributed by atoms with van der Waals surface area (Å²) >= 11 is 0. The Bertz CT molecular complexity index is 835. The van der Waals surface area contributed by atoms with Crippen LogP contribution in [0.4, 0.5) is 19.0 Å². The second-order valence-electron chi connectivity index (χ2n) is 10.5. The molecule has 5 rings (SSSR count). The molecule has 2 aliphatic heterocycles. The molecule has 2 aliphatic carbocycles. The molecule has 3 heterocycles. The van der Waals surface area contributed by atoms with E-state index in [9.17, 15) is 13.2 Å². The van der Waals surface area contributed by atoms with Gasteiger partial charge in [-0.15, -0.1) is 0 Å². The second-order valence-corrected chi connectivity index (χ2v) is 10.5. The van der Waals surface area contributed by atoms with E-state index >= 15 is 0 Å². The molecular weight excluding hydrogens is 433 g/mol. The van der Waals surface area contributed by atoms with Gasteiger partial charge in [0.15, 0.2) is 0 Å². The first-order valence-corrected chi connectivity index (χ1v) is 12.3. The van der Waals surface area contributed by atoms with Crippen LogP contribution in [-0.4, -0.2) is 71.0 Å². The highest BCUT2D eigenvalue weighted by Gasteiger charge is 2.46. The van der Waals surface area contributed by atoms with Crippen LogP contribution in [0.15, 0.2) is 12.4 Å². The number of alkyl halides is 3. The molecule has 0 aromatic carbocycles. The first-order chi connectivity index (χ1) is 15.7. The Labute approximate surface area is 193 Å². The number of nitrogens with one attached hydrogen (secondary N) is 2. The number of halogens is 3. The van der Waals surface area contributed by atoms with Crippen LogP contribution in [-0.2, 0) is 4.74 Å². The molecule has 0 amide bonds. The van der Waals surface area contributed by atoms with Gasteiger partial charge in [-0.3, -0.25) is 10.3 Å². The Morgan fingerprint density at radius 3 is 2.73 bits per heavy atom. The maximum atomic E-state index is 12.6. The third-order valence-electron chi connectivity index (χ3n) is 7.87. The number of aromatic nitrogens is 2. The van der Waals surface area contributed by atoms with Crippen LogP contribution >= 0.6 is 0 Å². The van der Waals surface area contributed by atoms with E-state index in [1.807, 2.05) is 17.9 Å². The standard InChI is InChI=1S/C23H35F3N6O/c1-15-13-32(10-9-31(15)8-7-23(24,25)26)20-12-19(27-14-28-20)21-17-11-16(33-22(2)5-6-22)3-4-18(17)29-30-21/h12,14-18,21,29-30H,3-11,13H2,1-2H3/t15-,16?,17?,18?,21?/m1/s1. The normalized spacial score (nSPS) is 34.3. The van der Waals surface area contributed by atoms with Gasteiger partial charge >= 0.3 is 6.18 Å². The molecule has 2 N–H and O–H groups in total. The number of fused-ring (bicyclic) bond motifs is 1. The lowest BCUT2D eigenvalue weighted by Gasteiger charge is -2.40. The highest BCUT2D eigenvalue weighted by atomic mass is 19.4. The van der Waals surface area contributed by atoms with Crippen molar-refractivity contribution in [2.24, 2.45) is 5.92 Å². The topological polar surface area (TPSA) is 65.5 Å². The van der Waals surface area contributed by atoms with Gasteiger partial charge in [-0.25, -0.2) is 15.4 Å². The van der Waals surface area contributed by atoms with Crippen molar-refractivity contribution in [3.63, 3.8) is 0 Å². The average Bonchev–Trinajstić information content (AvgIpc) is 3.34. The molecule has 4 fully saturated rings. The van der Waals surface area contributed by atoms with E-state index in [2.05, 4.69) is 32.6 Å². The smallest absolute Gasteiger partial charge is 0.372 e. The monoisotopic (exact) mass is 468 g/mol. The summed E-state index contributed by atoms with van der Waals surface area (Å²) in [6.45, 7) is 6.17. The summed E-state index contributed by atoms with van der Waals surface area (Å²) in [6, 6.07) is 2.60. The van der Waals surface area contributed by atoms with Crippen molar-refractivity contribution in [1.29, 1.82) is 0 Å². The Balaban J connectivity index is 1.22. The zero-order chi connectivity index (χ0) is 23.2. The van der Waals surface area contributed by atoms with Gasteiger partial charge in [-0.2, -0.15) is 13.2 Å². The van der Waals surface area contributed by atoms with Gasteiger partial charge in [-0.1, -0.05) is 0 Å². The summed E-state index contributed by atoms with van der Waals surface area (Å²) in [5.41, 5.74) is 7.98. The molecular formula is C23H35F3N6O. The largest absolute Gasteiger partial charge is 0.390 e. The molecule has 5 atom stereocenters. The maximum absolute atomic E-state index is 12.6. The maximum Gasteiger partial charge on any atom is 0.390 e. The van der Waals surface area contributed by atoms with Crippen LogP contribution in [0, 0.1) is 5.92 Å². The van der Waals surface area contributed by atoms with Gasteiger partial charge in [0.05, 0.1) is 29.9 Å². The predicted molar refractivity (Wildman–Crippen MR) is 119 cm³/mol. The molecule has 2 saturated heterocycles. The number of rotatable bonds is 6. The number of piperazine rings is 1. The molecule has 33 heavy (non-hydrogen) atoms. The van der Waals surface area contributed by atoms with Gasteiger partial charge in [0, 0.05) is 50.2 Å². The molecule has 2 saturated carbocycles. The summed E-state index contributed by atoms with van der Waals surface area (Å²) in [7, 11) is 0. The first-order valence-electron chi connectivity index (χ1n) is 12.3. The lowest BCUT2D eigenvalue weighted by molar-refractivity contribution is -0.139. The summed E-state index contributed by atoms with van der Waals surface area (Å²) in [5.74, 6) is 1.26. The minimum atomic E-state index is -4.11. The van der Waals surface area contributed by atoms with Crippen LogP contribution in [0.5, 0.6) is 0 Å². The second kappa shape index (κ2) is 8.94. The van der Waals surface area contributed by atoms with Crippen molar-refractivity contribution >= 4 is 5.82 Å². The van der Waals surface area contributed by atoms with E-state index in [4.69, 9.17) is 4.74 Å². The first kappa shape index (κ1) is 23.3. The number of anilines is 1. The van der Waals surface area contributed by atoms with Crippen molar-refractivity contribution in [3.05, 3.63) is 18.1 Å². The molecule has 4 aliphatic rings. The number of hydrazine groups is 1. The molecule has 184 valence electrons. The average molecular weight is 469 g/mol. The number of hydrogen-bond donors (Lipinski definition) is 2. The van der Waals surface area contributed by atoms with Crippen LogP contribution in [0.3, 0.4) is 0 Å². The highest BCUT2D eigenvalue weighted by Crippen LogP contribution is 2.45. The lowest BCUT2D eigenvalue weighted by atomic mass is 9.79. The molecule has 0 radical (unpaired) electrons. The minimum Gasteiger partial charge on any atom is -0.372 e. The molecule has 10 heteroatoms. The van der Waals surface area contributed by atoms with Gasteiger partial charge in [0.1, 0.15) is 12.1 Å². The number of nitrogens with zero attached hydrogens (tertiary/aromatic N) is 4. The molecule has 0 spiro atoms. The van der Waals surface area contributed by atoms with Crippen molar-refractivity contribution in [2.75, 3.05) is 31.1 Å². The summed E-state index contributed by atoms with van der Waals surface area (Å²) in [4.78, 5) is 13.2. The number of hydrogen-bond acceptors (Lipinski definition) is 7. The Morgan fingerprint density at radius 2 is 2.00 bits per heavy atom. The van der Waals surface area contributed by atoms with Crippen molar-refractivity contribution in [2.45, 2.75) is 88.4 Å². The summed E-state index contributed by atoms with van der Waals surface area (Å²) < 4.78 is 44.3. The molecule has 1 aromatic heterocycles. The zero-order valence-corrected chi connectivity index (χ0v) is 19.4. The van der Waals surface area contributed by atoms with E-state index < -0.39 is 12.6 Å². The lowest BCUT2D eigenvalue weighted by Crippen LogP contribution is -2.52. The van der Waals surface area contributed by atoms with E-state index in [-0.39, 0.29) is 24.2 Å². The highest BCUT2D eigenvalue weighted by molar-refractivity contribution is 5.41. The Hall–Kier alpha value is -1.49. The van der Waals surface area contributed by atoms with Crippen molar-refractivity contribution in [1.82, 2.24) is 25.7 Å². The fraction of sp³-hybridized carbons (Fsp3) is 0.826. The van der Waals surface area contributed by atoms with Crippen LogP contribution < -0.4 is 15.8 Å². The zero-order valence-electron chi connectivity index (χ0n) is 19.4. The fourth-order valence-electron chi connectivity index (χ4n) is 5.62. The van der Waals surface area contributed by atoms with E-state index in [1.54, 1.807) is 6.33 Å². The van der Waals surface area contributed by atoms with Crippen molar-refractivity contribution < 1.29 is 17.9 Å². The molecule has 0 bridgehead atoms. The van der Waals surface area contributed by atoms with Crippen LogP contribution in [0.1, 0.15) is 64.1 Å². The molecule has 7 nitrogen and oxygen atoms in total. The SMILES string of the molecule is C[C@@H]1CN(c2cc(C3NNC4CCC(OC5(C)CC5)CC43)ncn2)CCN1CCC(F)(F)F. The van der Waals surface area contributed by atoms with Crippen LogP contribution in [0.2, 0.25) is 0 Å². The van der Waals surface area contributed by atoms with E-state index in [1.165, 1.54) is 0 Å². The quantitative estimate of drug-likeness (QED) is 0.665. The summed E-state index contributed by atoms with van der Waals surface area (Å²) in [5, 5.41) is 0. The fourth-order valence-corrected chi connectivity index (χ4v) is 5.62. The van der Waals surface area contributed by atoms with Gasteiger partial charge < -0.3 is 9.64 Å². The molecule has 1 aromatic rings.